The van der Waals surface area contributed by atoms with Gasteiger partial charge in [0.15, 0.2) is 0 Å². The summed E-state index contributed by atoms with van der Waals surface area (Å²) in [6, 6.07) is 0. The maximum atomic E-state index is 13.0. The summed E-state index contributed by atoms with van der Waals surface area (Å²) in [6.07, 6.45) is 4.44. The van der Waals surface area contributed by atoms with E-state index in [1.54, 1.807) is 0 Å². The second kappa shape index (κ2) is 16.9. The summed E-state index contributed by atoms with van der Waals surface area (Å²) in [6.45, 7) is 14.0. The van der Waals surface area contributed by atoms with Gasteiger partial charge in [-0.05, 0) is 40.5 Å². The van der Waals surface area contributed by atoms with E-state index >= 15 is 0 Å². The molecule has 0 spiro atoms. The van der Waals surface area contributed by atoms with E-state index in [9.17, 15) is 21.8 Å². The zero-order valence-electron chi connectivity index (χ0n) is 17.3. The van der Waals surface area contributed by atoms with Crippen molar-refractivity contribution < 1.29 is 26.2 Å². The van der Waals surface area contributed by atoms with E-state index in [4.69, 9.17) is 0 Å². The molecular formula is C19H41F2NO3S. The van der Waals surface area contributed by atoms with Crippen LogP contribution in [0.2, 0.25) is 0 Å². The molecular weight excluding hydrogens is 360 g/mol. The lowest BCUT2D eigenvalue weighted by atomic mass is 10.1. The van der Waals surface area contributed by atoms with E-state index in [1.807, 2.05) is 0 Å². The molecule has 0 aromatic carbocycles. The van der Waals surface area contributed by atoms with Gasteiger partial charge in [0.25, 0.3) is 0 Å². The molecule has 1 unspecified atom stereocenters. The van der Waals surface area contributed by atoms with Gasteiger partial charge in [0.2, 0.25) is 0 Å². The summed E-state index contributed by atoms with van der Waals surface area (Å²) in [4.78, 5) is 0. The van der Waals surface area contributed by atoms with E-state index in [0.717, 1.165) is 32.1 Å². The Labute approximate surface area is 160 Å². The molecule has 0 aromatic rings. The van der Waals surface area contributed by atoms with Gasteiger partial charge in [0.1, 0.15) is 6.17 Å². The Morgan fingerprint density at radius 1 is 0.808 bits per heavy atom. The standard InChI is InChI=1S/C11H22F2O3S.C8H20N/c12-9-7-5-3-1-2-4-6-8-11(13)10-17(14,15)16;1-5-9(6-2,7-3)8-4/h11H,1-10H2,(H,14,15,16);5-8H2,1-4H3/q;+1/p-1. The van der Waals surface area contributed by atoms with Gasteiger partial charge in [-0.25, -0.2) is 12.8 Å². The van der Waals surface area contributed by atoms with Crippen LogP contribution < -0.4 is 0 Å². The van der Waals surface area contributed by atoms with Gasteiger partial charge in [-0.3, -0.25) is 4.39 Å². The van der Waals surface area contributed by atoms with E-state index in [0.29, 0.717) is 12.8 Å². The Morgan fingerprint density at radius 2 is 1.19 bits per heavy atom. The Balaban J connectivity index is 0. The van der Waals surface area contributed by atoms with Crippen molar-refractivity contribution in [1.82, 2.24) is 0 Å². The predicted molar refractivity (Wildman–Crippen MR) is 105 cm³/mol. The molecule has 0 N–H and O–H groups in total. The molecule has 7 heteroatoms. The molecule has 0 fully saturated rings. The van der Waals surface area contributed by atoms with Crippen LogP contribution in [0.3, 0.4) is 0 Å². The molecule has 0 heterocycles. The molecule has 26 heavy (non-hydrogen) atoms. The third kappa shape index (κ3) is 17.2. The summed E-state index contributed by atoms with van der Waals surface area (Å²) in [7, 11) is -4.44. The highest BCUT2D eigenvalue weighted by molar-refractivity contribution is 7.85. The molecule has 0 rings (SSSR count). The second-order valence-electron chi connectivity index (χ2n) is 6.88. The van der Waals surface area contributed by atoms with Crippen LogP contribution >= 0.6 is 0 Å². The van der Waals surface area contributed by atoms with Crippen LogP contribution in [0, 0.1) is 0 Å². The van der Waals surface area contributed by atoms with E-state index in [2.05, 4.69) is 27.7 Å². The summed E-state index contributed by atoms with van der Waals surface area (Å²) in [5.41, 5.74) is 0. The van der Waals surface area contributed by atoms with Gasteiger partial charge in [-0.1, -0.05) is 38.5 Å². The average Bonchev–Trinajstić information content (AvgIpc) is 2.59. The maximum Gasteiger partial charge on any atom is 0.113 e. The lowest BCUT2D eigenvalue weighted by Gasteiger charge is -2.34. The summed E-state index contributed by atoms with van der Waals surface area (Å²) < 4.78 is 56.7. The van der Waals surface area contributed by atoms with Gasteiger partial charge in [-0.2, -0.15) is 0 Å². The summed E-state index contributed by atoms with van der Waals surface area (Å²) in [5.74, 6) is -0.913. The number of hydrogen-bond donors (Lipinski definition) is 0. The third-order valence-corrected chi connectivity index (χ3v) is 5.99. The van der Waals surface area contributed by atoms with Crippen molar-refractivity contribution in [2.75, 3.05) is 38.6 Å². The van der Waals surface area contributed by atoms with Gasteiger partial charge in [0, 0.05) is 0 Å². The predicted octanol–water partition coefficient (Wildman–Crippen LogP) is 4.84. The van der Waals surface area contributed by atoms with Crippen molar-refractivity contribution in [1.29, 1.82) is 0 Å². The Kier molecular flexibility index (Phi) is 18.1. The molecule has 0 amide bonds. The third-order valence-electron chi connectivity index (χ3n) is 5.22. The van der Waals surface area contributed by atoms with Crippen molar-refractivity contribution in [2.45, 2.75) is 85.2 Å². The Morgan fingerprint density at radius 3 is 1.50 bits per heavy atom. The fourth-order valence-corrected chi connectivity index (χ4v) is 3.60. The van der Waals surface area contributed by atoms with Crippen molar-refractivity contribution in [3.63, 3.8) is 0 Å². The molecule has 0 aromatic heterocycles. The fraction of sp³-hybridized carbons (Fsp3) is 1.00. The van der Waals surface area contributed by atoms with Crippen LogP contribution in [-0.4, -0.2) is 62.2 Å². The van der Waals surface area contributed by atoms with E-state index in [1.165, 1.54) is 30.7 Å². The van der Waals surface area contributed by atoms with Crippen molar-refractivity contribution in [3.05, 3.63) is 0 Å². The second-order valence-corrected chi connectivity index (χ2v) is 8.33. The quantitative estimate of drug-likeness (QED) is 0.224. The lowest BCUT2D eigenvalue weighted by molar-refractivity contribution is -0.921. The van der Waals surface area contributed by atoms with E-state index in [-0.39, 0.29) is 13.1 Å². The zero-order chi connectivity index (χ0) is 20.5. The van der Waals surface area contributed by atoms with Crippen molar-refractivity contribution >= 4 is 10.1 Å². The smallest absolute Gasteiger partial charge is 0.113 e. The minimum Gasteiger partial charge on any atom is -0.748 e. The summed E-state index contributed by atoms with van der Waals surface area (Å²) >= 11 is 0. The number of halogens is 2. The number of alkyl halides is 2. The number of quaternary nitrogens is 1. The molecule has 0 radical (unpaired) electrons. The zero-order valence-corrected chi connectivity index (χ0v) is 18.1. The first kappa shape index (κ1) is 27.9. The van der Waals surface area contributed by atoms with Gasteiger partial charge in [-0.15, -0.1) is 0 Å². The normalized spacial score (nSPS) is 13.2. The fourth-order valence-electron chi connectivity index (χ4n) is 2.99. The first-order valence-electron chi connectivity index (χ1n) is 10.2. The molecule has 0 aliphatic heterocycles. The molecule has 0 saturated heterocycles. The van der Waals surface area contributed by atoms with Crippen LogP contribution in [0.1, 0.15) is 79.1 Å². The van der Waals surface area contributed by atoms with Crippen LogP contribution in [0.4, 0.5) is 8.78 Å². The topological polar surface area (TPSA) is 57.2 Å². The highest BCUT2D eigenvalue weighted by Gasteiger charge is 2.16. The van der Waals surface area contributed by atoms with Crippen LogP contribution in [0.15, 0.2) is 0 Å². The minimum atomic E-state index is -4.44. The van der Waals surface area contributed by atoms with Crippen LogP contribution in [0.5, 0.6) is 0 Å². The van der Waals surface area contributed by atoms with Crippen LogP contribution in [-0.2, 0) is 10.1 Å². The monoisotopic (exact) mass is 401 g/mol. The van der Waals surface area contributed by atoms with Crippen molar-refractivity contribution in [2.24, 2.45) is 0 Å². The van der Waals surface area contributed by atoms with Crippen LogP contribution in [0.25, 0.3) is 0 Å². The molecule has 0 saturated carbocycles. The molecule has 0 aliphatic rings. The SMILES string of the molecule is CC[N+](CC)(CC)CC.O=S(=O)([O-])CC(F)CCCCCCCCCF. The molecule has 4 nitrogen and oxygen atoms in total. The average molecular weight is 402 g/mol. The highest BCUT2D eigenvalue weighted by atomic mass is 32.2. The number of hydrogen-bond acceptors (Lipinski definition) is 3. The Hall–Kier alpha value is -0.270. The molecule has 1 atom stereocenters. The molecule has 0 aliphatic carbocycles. The first-order chi connectivity index (χ1) is 12.2. The van der Waals surface area contributed by atoms with E-state index < -0.39 is 22.0 Å². The summed E-state index contributed by atoms with van der Waals surface area (Å²) in [5, 5.41) is 0. The number of nitrogens with zero attached hydrogens (tertiary/aromatic N) is 1. The lowest BCUT2D eigenvalue weighted by Crippen LogP contribution is -2.47. The van der Waals surface area contributed by atoms with Gasteiger partial charge < -0.3 is 9.04 Å². The number of unbranched alkanes of at least 4 members (excludes halogenated alkanes) is 6. The number of rotatable bonds is 15. The first-order valence-corrected chi connectivity index (χ1v) is 11.8. The molecule has 0 bridgehead atoms. The van der Waals surface area contributed by atoms with Gasteiger partial charge in [0.05, 0.1) is 48.7 Å². The molecule has 160 valence electrons. The minimum absolute atomic E-state index is 0.131. The Bertz CT molecular complexity index is 384. The van der Waals surface area contributed by atoms with Gasteiger partial charge >= 0.3 is 0 Å². The largest absolute Gasteiger partial charge is 0.748 e. The highest BCUT2D eigenvalue weighted by Crippen LogP contribution is 2.12. The maximum absolute atomic E-state index is 13.0. The van der Waals surface area contributed by atoms with Crippen molar-refractivity contribution in [3.8, 4) is 0 Å².